The molecule has 2 nitrogen and oxygen atoms in total. The summed E-state index contributed by atoms with van der Waals surface area (Å²) in [4.78, 5) is 0. The fourth-order valence-corrected chi connectivity index (χ4v) is 0.805. The summed E-state index contributed by atoms with van der Waals surface area (Å²) in [5.41, 5.74) is 0. The highest BCUT2D eigenvalue weighted by Crippen LogP contribution is 2.11. The van der Waals surface area contributed by atoms with Crippen LogP contribution in [0.1, 0.15) is 26.7 Å². The van der Waals surface area contributed by atoms with Crippen LogP contribution in [0, 0.1) is 0 Å². The molecule has 1 rings (SSSR count). The van der Waals surface area contributed by atoms with Gasteiger partial charge in [0.1, 0.15) is 0 Å². The zero-order valence-electron chi connectivity index (χ0n) is 6.80. The fraction of sp³-hybridized carbons (Fsp3) is 1.00. The summed E-state index contributed by atoms with van der Waals surface area (Å²) < 4.78 is 10.7. The van der Waals surface area contributed by atoms with Crippen LogP contribution in [0.15, 0.2) is 0 Å². The molecule has 1 saturated heterocycles. The lowest BCUT2D eigenvalue weighted by molar-refractivity contribution is -0.106. The summed E-state index contributed by atoms with van der Waals surface area (Å²) in [5.74, 6) is 0. The molecule has 2 atom stereocenters. The molecule has 10 heavy (non-hydrogen) atoms. The van der Waals surface area contributed by atoms with E-state index in [4.69, 9.17) is 9.47 Å². The van der Waals surface area contributed by atoms with Crippen molar-refractivity contribution in [1.29, 1.82) is 0 Å². The van der Waals surface area contributed by atoms with E-state index in [2.05, 4.69) is 13.8 Å². The minimum atomic E-state index is 0.393. The zero-order chi connectivity index (χ0) is 7.40. The SMILES string of the molecule is CCC(C)OCC1CCO1. The molecule has 2 heteroatoms. The van der Waals surface area contributed by atoms with Gasteiger partial charge in [-0.05, 0) is 19.8 Å². The van der Waals surface area contributed by atoms with Crippen molar-refractivity contribution in [2.75, 3.05) is 13.2 Å². The molecule has 1 aliphatic heterocycles. The van der Waals surface area contributed by atoms with Gasteiger partial charge in [0.25, 0.3) is 0 Å². The maximum atomic E-state index is 5.47. The van der Waals surface area contributed by atoms with Crippen LogP contribution in [0.3, 0.4) is 0 Å². The zero-order valence-corrected chi connectivity index (χ0v) is 6.80. The Kier molecular flexibility index (Phi) is 3.16. The maximum Gasteiger partial charge on any atom is 0.0830 e. The predicted molar refractivity (Wildman–Crippen MR) is 40.1 cm³/mol. The van der Waals surface area contributed by atoms with Gasteiger partial charge >= 0.3 is 0 Å². The molecule has 0 aliphatic carbocycles. The number of ether oxygens (including phenoxy) is 2. The largest absolute Gasteiger partial charge is 0.376 e. The van der Waals surface area contributed by atoms with Gasteiger partial charge in [0.2, 0.25) is 0 Å². The molecule has 0 aromatic heterocycles. The van der Waals surface area contributed by atoms with E-state index in [9.17, 15) is 0 Å². The summed E-state index contributed by atoms with van der Waals surface area (Å²) in [5, 5.41) is 0. The topological polar surface area (TPSA) is 18.5 Å². The van der Waals surface area contributed by atoms with Crippen molar-refractivity contribution >= 4 is 0 Å². The van der Waals surface area contributed by atoms with Crippen molar-refractivity contribution in [2.24, 2.45) is 0 Å². The van der Waals surface area contributed by atoms with Crippen LogP contribution >= 0.6 is 0 Å². The van der Waals surface area contributed by atoms with Crippen molar-refractivity contribution in [1.82, 2.24) is 0 Å². The van der Waals surface area contributed by atoms with Crippen molar-refractivity contribution in [3.05, 3.63) is 0 Å². The Morgan fingerprint density at radius 1 is 1.70 bits per heavy atom. The Bertz CT molecular complexity index is 84.5. The number of hydrogen-bond donors (Lipinski definition) is 0. The van der Waals surface area contributed by atoms with Crippen molar-refractivity contribution in [3.63, 3.8) is 0 Å². The quantitative estimate of drug-likeness (QED) is 0.596. The van der Waals surface area contributed by atoms with Crippen LogP contribution in [-0.4, -0.2) is 25.4 Å². The van der Waals surface area contributed by atoms with E-state index in [0.717, 1.165) is 19.6 Å². The first-order valence-electron chi connectivity index (χ1n) is 4.06. The first-order chi connectivity index (χ1) is 4.83. The standard InChI is InChI=1S/C8H16O2/c1-3-7(2)10-6-8-4-5-9-8/h7-8H,3-6H2,1-2H3. The average Bonchev–Trinajstić information content (AvgIpc) is 1.84. The van der Waals surface area contributed by atoms with E-state index in [-0.39, 0.29) is 0 Å². The van der Waals surface area contributed by atoms with Gasteiger partial charge in [-0.1, -0.05) is 6.92 Å². The Morgan fingerprint density at radius 3 is 2.80 bits per heavy atom. The lowest BCUT2D eigenvalue weighted by atomic mass is 10.2. The molecule has 0 aromatic carbocycles. The summed E-state index contributed by atoms with van der Waals surface area (Å²) in [7, 11) is 0. The Labute approximate surface area is 62.5 Å². The summed E-state index contributed by atoms with van der Waals surface area (Å²) >= 11 is 0. The van der Waals surface area contributed by atoms with E-state index in [0.29, 0.717) is 12.2 Å². The molecule has 1 heterocycles. The Hall–Kier alpha value is -0.0800. The van der Waals surface area contributed by atoms with E-state index >= 15 is 0 Å². The van der Waals surface area contributed by atoms with Gasteiger partial charge in [-0.3, -0.25) is 0 Å². The maximum absolute atomic E-state index is 5.47. The highest BCUT2D eigenvalue weighted by Gasteiger charge is 2.18. The van der Waals surface area contributed by atoms with Crippen LogP contribution in [0.25, 0.3) is 0 Å². The van der Waals surface area contributed by atoms with Gasteiger partial charge in [0, 0.05) is 6.61 Å². The summed E-state index contributed by atoms with van der Waals surface area (Å²) in [6, 6.07) is 0. The smallest absolute Gasteiger partial charge is 0.0830 e. The number of hydrogen-bond acceptors (Lipinski definition) is 2. The first-order valence-corrected chi connectivity index (χ1v) is 4.06. The van der Waals surface area contributed by atoms with Gasteiger partial charge in [-0.15, -0.1) is 0 Å². The van der Waals surface area contributed by atoms with E-state index in [1.165, 1.54) is 6.42 Å². The van der Waals surface area contributed by atoms with Gasteiger partial charge in [0.05, 0.1) is 18.8 Å². The monoisotopic (exact) mass is 144 g/mol. The lowest BCUT2D eigenvalue weighted by Crippen LogP contribution is -2.32. The molecule has 0 saturated carbocycles. The van der Waals surface area contributed by atoms with Crippen LogP contribution in [-0.2, 0) is 9.47 Å². The molecule has 0 N–H and O–H groups in total. The molecule has 60 valence electrons. The molecular weight excluding hydrogens is 128 g/mol. The van der Waals surface area contributed by atoms with Gasteiger partial charge in [0.15, 0.2) is 0 Å². The third kappa shape index (κ3) is 2.27. The minimum Gasteiger partial charge on any atom is -0.376 e. The third-order valence-electron chi connectivity index (χ3n) is 1.93. The van der Waals surface area contributed by atoms with Gasteiger partial charge in [-0.2, -0.15) is 0 Å². The second-order valence-electron chi connectivity index (χ2n) is 2.83. The molecule has 2 unspecified atom stereocenters. The van der Waals surface area contributed by atoms with Crippen LogP contribution in [0.5, 0.6) is 0 Å². The highest BCUT2D eigenvalue weighted by atomic mass is 16.5. The third-order valence-corrected chi connectivity index (χ3v) is 1.93. The van der Waals surface area contributed by atoms with Gasteiger partial charge in [-0.25, -0.2) is 0 Å². The molecular formula is C8H16O2. The molecule has 1 aliphatic rings. The van der Waals surface area contributed by atoms with E-state index < -0.39 is 0 Å². The molecule has 0 bridgehead atoms. The molecule has 0 amide bonds. The van der Waals surface area contributed by atoms with Gasteiger partial charge < -0.3 is 9.47 Å². The van der Waals surface area contributed by atoms with Crippen LogP contribution < -0.4 is 0 Å². The summed E-state index contributed by atoms with van der Waals surface area (Å²) in [6.45, 7) is 5.94. The minimum absolute atomic E-state index is 0.393. The van der Waals surface area contributed by atoms with Crippen LogP contribution in [0.2, 0.25) is 0 Å². The molecule has 0 spiro atoms. The fourth-order valence-electron chi connectivity index (χ4n) is 0.805. The van der Waals surface area contributed by atoms with E-state index in [1.54, 1.807) is 0 Å². The van der Waals surface area contributed by atoms with E-state index in [1.807, 2.05) is 0 Å². The average molecular weight is 144 g/mol. The molecule has 1 fully saturated rings. The normalized spacial score (nSPS) is 27.6. The van der Waals surface area contributed by atoms with Crippen molar-refractivity contribution in [2.45, 2.75) is 38.9 Å². The Morgan fingerprint density at radius 2 is 2.40 bits per heavy atom. The summed E-state index contributed by atoms with van der Waals surface area (Å²) in [6.07, 6.45) is 3.06. The Balaban J connectivity index is 1.93. The lowest BCUT2D eigenvalue weighted by Gasteiger charge is -2.27. The van der Waals surface area contributed by atoms with Crippen molar-refractivity contribution < 1.29 is 9.47 Å². The second-order valence-corrected chi connectivity index (χ2v) is 2.83. The van der Waals surface area contributed by atoms with Crippen molar-refractivity contribution in [3.8, 4) is 0 Å². The predicted octanol–water partition coefficient (Wildman–Crippen LogP) is 1.59. The number of rotatable bonds is 4. The highest BCUT2D eigenvalue weighted by molar-refractivity contribution is 4.65. The molecule has 0 aromatic rings. The van der Waals surface area contributed by atoms with Crippen LogP contribution in [0.4, 0.5) is 0 Å². The second kappa shape index (κ2) is 3.94. The first kappa shape index (κ1) is 8.02. The molecule has 0 radical (unpaired) electrons.